The average molecular weight is 1150 g/mol. The molecule has 81 heavy (non-hydrogen) atoms. The van der Waals surface area contributed by atoms with Crippen LogP contribution >= 0.6 is 0 Å². The van der Waals surface area contributed by atoms with Crippen molar-refractivity contribution in [2.24, 2.45) is 0 Å². The highest BCUT2D eigenvalue weighted by atomic mass is 16.6. The third-order valence-corrected chi connectivity index (χ3v) is 16.1. The number of unbranched alkanes of at least 4 members (excludes halogenated alkanes) is 38. The van der Waals surface area contributed by atoms with Crippen molar-refractivity contribution < 1.29 is 58.3 Å². The molecule has 1 aliphatic heterocycles. The number of aliphatic carboxylic acids is 1. The van der Waals surface area contributed by atoms with Gasteiger partial charge in [0.1, 0.15) is 30.4 Å². The molecule has 0 spiro atoms. The van der Waals surface area contributed by atoms with Gasteiger partial charge in [-0.1, -0.05) is 272 Å². The van der Waals surface area contributed by atoms with E-state index in [4.69, 9.17) is 14.2 Å². The van der Waals surface area contributed by atoms with E-state index in [2.05, 4.69) is 43.6 Å². The molecule has 1 heterocycles. The number of aliphatic hydroxyl groups excluding tert-OH is 2. The molecule has 0 aromatic heterocycles. The fourth-order valence-corrected chi connectivity index (χ4v) is 11.0. The Hall–Kier alpha value is -3.30. The number of rotatable bonds is 57. The second-order valence-electron chi connectivity index (χ2n) is 23.8. The summed E-state index contributed by atoms with van der Waals surface area (Å²) in [5, 5.41) is 40.0. The minimum atomic E-state index is -1.63. The molecule has 0 saturated carbocycles. The van der Waals surface area contributed by atoms with Crippen LogP contribution in [0.5, 0.6) is 0 Å². The summed E-state index contributed by atoms with van der Waals surface area (Å²) in [4.78, 5) is 80.4. The third kappa shape index (κ3) is 42.2. The second-order valence-corrected chi connectivity index (χ2v) is 23.8. The first kappa shape index (κ1) is 75.7. The highest BCUT2D eigenvalue weighted by Crippen LogP contribution is 2.26. The lowest BCUT2D eigenvalue weighted by molar-refractivity contribution is -0.216. The van der Waals surface area contributed by atoms with Crippen LogP contribution in [0.1, 0.15) is 336 Å². The normalized spacial score (nSPS) is 17.8. The summed E-state index contributed by atoms with van der Waals surface area (Å²) >= 11 is 0. The zero-order valence-corrected chi connectivity index (χ0v) is 52.2. The van der Waals surface area contributed by atoms with Crippen LogP contribution in [0.15, 0.2) is 0 Å². The number of ether oxygens (including phenoxy) is 3. The molecule has 15 nitrogen and oxygen atoms in total. The van der Waals surface area contributed by atoms with Crippen molar-refractivity contribution in [3.05, 3.63) is 0 Å². The van der Waals surface area contributed by atoms with Crippen molar-refractivity contribution in [3.63, 3.8) is 0 Å². The van der Waals surface area contributed by atoms with Crippen LogP contribution in [0.3, 0.4) is 0 Å². The highest BCUT2D eigenvalue weighted by molar-refractivity contribution is 5.88. The fraction of sp³-hybridized carbons (Fsp3) is 0.909. The molecule has 6 N–H and O–H groups in total. The molecule has 1 saturated heterocycles. The van der Waals surface area contributed by atoms with Crippen molar-refractivity contribution in [1.29, 1.82) is 0 Å². The Bertz CT molecular complexity index is 1570. The van der Waals surface area contributed by atoms with E-state index >= 15 is 0 Å². The number of carbonyl (C=O) groups is 6. The fourth-order valence-electron chi connectivity index (χ4n) is 11.0. The van der Waals surface area contributed by atoms with Gasteiger partial charge in [0, 0.05) is 19.3 Å². The number of nitrogens with one attached hydrogen (secondary N) is 3. The van der Waals surface area contributed by atoms with Crippen molar-refractivity contribution >= 4 is 35.6 Å². The van der Waals surface area contributed by atoms with Crippen LogP contribution in [0, 0.1) is 0 Å². The Morgan fingerprint density at radius 3 is 1.20 bits per heavy atom. The molecule has 0 radical (unpaired) electrons. The van der Waals surface area contributed by atoms with Gasteiger partial charge in [0.05, 0.1) is 19.4 Å². The molecular formula is C66H123N3O12. The lowest BCUT2D eigenvalue weighted by atomic mass is 9.94. The molecule has 0 aliphatic carbocycles. The maximum atomic E-state index is 14.3. The molecule has 7 atom stereocenters. The lowest BCUT2D eigenvalue weighted by Gasteiger charge is -2.44. The topological polar surface area (TPSA) is 227 Å². The van der Waals surface area contributed by atoms with E-state index in [1.807, 2.05) is 0 Å². The van der Waals surface area contributed by atoms with Crippen LogP contribution in [-0.2, 0) is 43.0 Å². The minimum absolute atomic E-state index is 0.0393. The van der Waals surface area contributed by atoms with Crippen LogP contribution in [0.4, 0.5) is 0 Å². The summed E-state index contributed by atoms with van der Waals surface area (Å²) in [6.45, 7) is 8.12. The Kier molecular flexibility index (Phi) is 49.9. The molecule has 15 heteroatoms. The van der Waals surface area contributed by atoms with Gasteiger partial charge >= 0.3 is 17.9 Å². The summed E-state index contributed by atoms with van der Waals surface area (Å²) in [6.07, 6.45) is 39.7. The van der Waals surface area contributed by atoms with E-state index in [9.17, 15) is 44.1 Å². The van der Waals surface area contributed by atoms with Crippen molar-refractivity contribution in [3.8, 4) is 0 Å². The van der Waals surface area contributed by atoms with E-state index in [0.717, 1.165) is 96.3 Å². The molecule has 3 amide bonds. The van der Waals surface area contributed by atoms with Crippen LogP contribution in [0.25, 0.3) is 0 Å². The third-order valence-electron chi connectivity index (χ3n) is 16.1. The number of esters is 2. The maximum absolute atomic E-state index is 14.3. The number of hydrogen-bond donors (Lipinski definition) is 6. The number of carboxylic acid groups (broad SMARTS) is 1. The largest absolute Gasteiger partial charge is 0.480 e. The summed E-state index contributed by atoms with van der Waals surface area (Å²) in [5.74, 6) is -4.38. The van der Waals surface area contributed by atoms with Crippen molar-refractivity contribution in [1.82, 2.24) is 16.0 Å². The maximum Gasteiger partial charge on any atom is 0.326 e. The quantitative estimate of drug-likeness (QED) is 0.0247. The van der Waals surface area contributed by atoms with Gasteiger partial charge in [0.25, 0.3) is 0 Å². The number of aliphatic hydroxyl groups is 2. The molecular weight excluding hydrogens is 1030 g/mol. The minimum Gasteiger partial charge on any atom is -0.480 e. The molecule has 474 valence electrons. The van der Waals surface area contributed by atoms with Gasteiger partial charge in [-0.15, -0.1) is 0 Å². The first-order chi connectivity index (χ1) is 39.4. The van der Waals surface area contributed by atoms with Gasteiger partial charge in [-0.2, -0.15) is 0 Å². The smallest absolute Gasteiger partial charge is 0.326 e. The van der Waals surface area contributed by atoms with Crippen LogP contribution in [-0.4, -0.2) is 100 Å². The summed E-state index contributed by atoms with van der Waals surface area (Å²) in [6, 6.07) is -2.98. The van der Waals surface area contributed by atoms with Crippen LogP contribution < -0.4 is 16.0 Å². The van der Waals surface area contributed by atoms with Gasteiger partial charge in [-0.05, 0) is 32.1 Å². The van der Waals surface area contributed by atoms with Gasteiger partial charge in [0.15, 0.2) is 12.3 Å². The first-order valence-corrected chi connectivity index (χ1v) is 33.8. The number of hydrogen-bond acceptors (Lipinski definition) is 11. The molecule has 1 fully saturated rings. The van der Waals surface area contributed by atoms with Crippen molar-refractivity contribution in [2.75, 3.05) is 6.61 Å². The van der Waals surface area contributed by atoms with Gasteiger partial charge in [0.2, 0.25) is 17.7 Å². The highest BCUT2D eigenvalue weighted by Gasteiger charge is 2.49. The molecule has 0 aromatic carbocycles. The molecule has 1 rings (SSSR count). The predicted octanol–water partition coefficient (Wildman–Crippen LogP) is 14.9. The Balaban J connectivity index is 3.17. The number of amides is 3. The summed E-state index contributed by atoms with van der Waals surface area (Å²) in [7, 11) is 0. The van der Waals surface area contributed by atoms with E-state index in [0.29, 0.717) is 25.7 Å². The lowest BCUT2D eigenvalue weighted by Crippen LogP contribution is -2.69. The van der Waals surface area contributed by atoms with E-state index in [-0.39, 0.29) is 31.7 Å². The van der Waals surface area contributed by atoms with Gasteiger partial charge in [-0.3, -0.25) is 24.0 Å². The molecule has 1 aliphatic rings. The number of carbonyl (C=O) groups excluding carboxylic acids is 5. The SMILES string of the molecule is CCCCCCCCCCCCCC(=O)N[C@@H](CC(=O)N[C@@H]1O[C@H](CO)[C@@H](O)[C@H](OC(=O)CCCCCCCCCCCCC)[C@H]1NC(=O)C[C@@H](CCCCCCCCCCC)OC(=O)CCCCCCCCCCCCC)C(=O)O. The predicted molar refractivity (Wildman–Crippen MR) is 325 cm³/mol. The molecule has 0 unspecified atom stereocenters. The van der Waals surface area contributed by atoms with E-state index in [1.165, 1.54) is 154 Å². The Labute approximate surface area is 493 Å². The molecule has 0 bridgehead atoms. The monoisotopic (exact) mass is 1150 g/mol. The van der Waals surface area contributed by atoms with E-state index in [1.54, 1.807) is 0 Å². The van der Waals surface area contributed by atoms with Crippen LogP contribution in [0.2, 0.25) is 0 Å². The number of carboxylic acids is 1. The summed E-state index contributed by atoms with van der Waals surface area (Å²) < 4.78 is 18.0. The van der Waals surface area contributed by atoms with E-state index < -0.39 is 85.4 Å². The standard InChI is InChI=1S/C66H123N3O12/c1-5-9-13-17-21-25-28-32-36-40-44-48-57(71)67-55(66(77)78)52-59(73)69-65-62(64(63(76)56(53-70)80-65)81-61(75)50-46-42-38-34-30-27-23-19-15-11-7-3)68-58(72)51-54(47-43-39-35-31-24-20-16-12-8-4)79-60(74)49-45-41-37-33-29-26-22-18-14-10-6-2/h54-56,62-65,70,76H,5-53H2,1-4H3,(H,67,71)(H,68,72)(H,69,73)(H,77,78)/t54-,55+,56-,62-,63-,64-,65-/m1/s1. The zero-order chi connectivity index (χ0) is 59.4. The first-order valence-electron chi connectivity index (χ1n) is 33.8. The van der Waals surface area contributed by atoms with Gasteiger partial charge in [-0.25, -0.2) is 4.79 Å². The molecule has 0 aromatic rings. The average Bonchev–Trinajstić information content (AvgIpc) is 3.47. The summed E-state index contributed by atoms with van der Waals surface area (Å²) in [5.41, 5.74) is 0. The Morgan fingerprint density at radius 2 is 0.802 bits per heavy atom. The zero-order valence-electron chi connectivity index (χ0n) is 52.2. The van der Waals surface area contributed by atoms with Gasteiger partial charge < -0.3 is 45.5 Å². The second kappa shape index (κ2) is 53.4. The van der Waals surface area contributed by atoms with Crippen molar-refractivity contribution in [2.45, 2.75) is 379 Å². The Morgan fingerprint density at radius 1 is 0.444 bits per heavy atom.